The lowest BCUT2D eigenvalue weighted by atomic mass is 9.87. The van der Waals surface area contributed by atoms with E-state index in [1.165, 1.54) is 5.56 Å². The summed E-state index contributed by atoms with van der Waals surface area (Å²) in [5.74, 6) is -0.00872. The third-order valence-corrected chi connectivity index (χ3v) is 6.37. The number of nitrogens with one attached hydrogen (secondary N) is 1. The van der Waals surface area contributed by atoms with Crippen LogP contribution in [-0.4, -0.2) is 46.7 Å². The van der Waals surface area contributed by atoms with Gasteiger partial charge in [0.1, 0.15) is 5.60 Å². The Bertz CT molecular complexity index is 1180. The minimum absolute atomic E-state index is 0.164. The Morgan fingerprint density at radius 3 is 2.43 bits per heavy atom. The summed E-state index contributed by atoms with van der Waals surface area (Å²) in [7, 11) is 0. The maximum atomic E-state index is 12.8. The first kappa shape index (κ1) is 26.4. The van der Waals surface area contributed by atoms with Crippen LogP contribution in [0.4, 0.5) is 4.79 Å². The minimum atomic E-state index is -0.553. The average molecular weight is 502 g/mol. The van der Waals surface area contributed by atoms with Gasteiger partial charge in [-0.2, -0.15) is 0 Å². The van der Waals surface area contributed by atoms with Gasteiger partial charge >= 0.3 is 6.09 Å². The zero-order chi connectivity index (χ0) is 26.3. The number of pyridine rings is 1. The van der Waals surface area contributed by atoms with E-state index in [9.17, 15) is 9.59 Å². The van der Waals surface area contributed by atoms with Gasteiger partial charge in [0.25, 0.3) is 5.91 Å². The van der Waals surface area contributed by atoms with E-state index >= 15 is 0 Å². The Labute approximate surface area is 218 Å². The lowest BCUT2D eigenvalue weighted by molar-refractivity contribution is -0.0361. The lowest BCUT2D eigenvalue weighted by Crippen LogP contribution is -2.48. The van der Waals surface area contributed by atoms with Gasteiger partial charge in [-0.3, -0.25) is 9.78 Å². The van der Waals surface area contributed by atoms with Crippen LogP contribution in [0, 0.1) is 0 Å². The summed E-state index contributed by atoms with van der Waals surface area (Å²) in [4.78, 5) is 31.1. The Balaban J connectivity index is 1.45. The van der Waals surface area contributed by atoms with E-state index in [2.05, 4.69) is 22.4 Å². The number of hydrogen-bond donors (Lipinski definition) is 1. The highest BCUT2D eigenvalue weighted by Gasteiger charge is 2.35. The molecule has 2 heterocycles. The molecule has 0 aliphatic carbocycles. The molecule has 3 aromatic rings. The van der Waals surface area contributed by atoms with Crippen LogP contribution >= 0.6 is 0 Å². The number of ether oxygens (including phenoxy) is 2. The molecule has 0 saturated carbocycles. The second kappa shape index (κ2) is 12.0. The number of carbonyl (C=O) groups is 2. The molecule has 7 heteroatoms. The molecule has 37 heavy (non-hydrogen) atoms. The monoisotopic (exact) mass is 501 g/mol. The van der Waals surface area contributed by atoms with Crippen molar-refractivity contribution in [3.63, 3.8) is 0 Å². The Hall–Kier alpha value is -3.71. The van der Waals surface area contributed by atoms with Gasteiger partial charge in [-0.1, -0.05) is 54.6 Å². The summed E-state index contributed by atoms with van der Waals surface area (Å²) < 4.78 is 12.1. The van der Waals surface area contributed by atoms with Crippen LogP contribution in [-0.2, 0) is 22.6 Å². The van der Waals surface area contributed by atoms with E-state index in [1.54, 1.807) is 29.4 Å². The topological polar surface area (TPSA) is 80.8 Å². The van der Waals surface area contributed by atoms with Gasteiger partial charge < -0.3 is 19.7 Å². The fraction of sp³-hybridized carbons (Fsp3) is 0.367. The molecule has 1 fully saturated rings. The van der Waals surface area contributed by atoms with Crippen LogP contribution < -0.4 is 5.32 Å². The van der Waals surface area contributed by atoms with Crippen molar-refractivity contribution >= 4 is 12.0 Å². The lowest BCUT2D eigenvalue weighted by Gasteiger charge is -2.39. The van der Waals surface area contributed by atoms with Crippen LogP contribution in [0.1, 0.15) is 60.2 Å². The molecule has 1 aliphatic heterocycles. The molecule has 1 aliphatic rings. The summed E-state index contributed by atoms with van der Waals surface area (Å²) in [6, 6.07) is 21.7. The standard InChI is InChI=1S/C30H35N3O4/c1-30(2,3)37-29(35)33-17-15-26(22-10-5-4-6-11-22)27(20-33)36-21-25-13-8-7-12-23(25)19-32-28(34)24-14-9-16-31-18-24/h4-14,16,18,26-27H,15,17,19-21H2,1-3H3,(H,32,34). The smallest absolute Gasteiger partial charge is 0.410 e. The van der Waals surface area contributed by atoms with Gasteiger partial charge in [0.15, 0.2) is 0 Å². The number of benzene rings is 2. The molecule has 0 spiro atoms. The molecule has 2 aromatic carbocycles. The van der Waals surface area contributed by atoms with Crippen molar-refractivity contribution in [2.45, 2.75) is 58.0 Å². The molecular weight excluding hydrogens is 466 g/mol. The van der Waals surface area contributed by atoms with Gasteiger partial charge in [-0.15, -0.1) is 0 Å². The van der Waals surface area contributed by atoms with Crippen molar-refractivity contribution in [2.24, 2.45) is 0 Å². The van der Waals surface area contributed by atoms with Crippen molar-refractivity contribution in [1.82, 2.24) is 15.2 Å². The Morgan fingerprint density at radius 2 is 1.73 bits per heavy atom. The summed E-state index contributed by atoms with van der Waals surface area (Å²) in [5.41, 5.74) is 3.15. The molecule has 194 valence electrons. The zero-order valence-corrected chi connectivity index (χ0v) is 21.7. The van der Waals surface area contributed by atoms with Crippen molar-refractivity contribution in [2.75, 3.05) is 13.1 Å². The van der Waals surface area contributed by atoms with Crippen LogP contribution in [0.3, 0.4) is 0 Å². The van der Waals surface area contributed by atoms with Crippen LogP contribution in [0.25, 0.3) is 0 Å². The number of carbonyl (C=O) groups excluding carboxylic acids is 2. The van der Waals surface area contributed by atoms with Gasteiger partial charge in [0, 0.05) is 31.4 Å². The Morgan fingerprint density at radius 1 is 1.00 bits per heavy atom. The average Bonchev–Trinajstić information content (AvgIpc) is 2.91. The zero-order valence-electron chi connectivity index (χ0n) is 21.7. The van der Waals surface area contributed by atoms with Gasteiger partial charge in [-0.25, -0.2) is 4.79 Å². The maximum Gasteiger partial charge on any atom is 0.410 e. The number of hydrogen-bond acceptors (Lipinski definition) is 5. The number of nitrogens with zero attached hydrogens (tertiary/aromatic N) is 2. The molecule has 1 N–H and O–H groups in total. The van der Waals surface area contributed by atoms with Gasteiger partial charge in [0.2, 0.25) is 0 Å². The predicted molar refractivity (Wildman–Crippen MR) is 142 cm³/mol. The Kier molecular flexibility index (Phi) is 8.56. The summed E-state index contributed by atoms with van der Waals surface area (Å²) >= 11 is 0. The summed E-state index contributed by atoms with van der Waals surface area (Å²) in [6.45, 7) is 7.44. The van der Waals surface area contributed by atoms with Crippen molar-refractivity contribution in [1.29, 1.82) is 0 Å². The van der Waals surface area contributed by atoms with E-state index in [-0.39, 0.29) is 24.0 Å². The van der Waals surface area contributed by atoms with E-state index in [0.29, 0.717) is 31.8 Å². The highest BCUT2D eigenvalue weighted by molar-refractivity contribution is 5.93. The molecule has 0 bridgehead atoms. The van der Waals surface area contributed by atoms with E-state index in [1.807, 2.05) is 63.2 Å². The van der Waals surface area contributed by atoms with E-state index < -0.39 is 5.60 Å². The van der Waals surface area contributed by atoms with E-state index in [0.717, 1.165) is 17.5 Å². The maximum absolute atomic E-state index is 12.8. The largest absolute Gasteiger partial charge is 0.444 e. The predicted octanol–water partition coefficient (Wildman–Crippen LogP) is 5.32. The third-order valence-electron chi connectivity index (χ3n) is 6.37. The fourth-order valence-corrected chi connectivity index (χ4v) is 4.50. The highest BCUT2D eigenvalue weighted by Crippen LogP contribution is 2.32. The second-order valence-corrected chi connectivity index (χ2v) is 10.3. The molecule has 2 atom stereocenters. The summed E-state index contributed by atoms with van der Waals surface area (Å²) in [5, 5.41) is 2.97. The molecule has 7 nitrogen and oxygen atoms in total. The quantitative estimate of drug-likeness (QED) is 0.474. The molecule has 1 aromatic heterocycles. The van der Waals surface area contributed by atoms with Crippen molar-refractivity contribution < 1.29 is 19.1 Å². The first-order valence-corrected chi connectivity index (χ1v) is 12.7. The second-order valence-electron chi connectivity index (χ2n) is 10.3. The van der Waals surface area contributed by atoms with Crippen LogP contribution in [0.2, 0.25) is 0 Å². The van der Waals surface area contributed by atoms with Crippen molar-refractivity contribution in [3.8, 4) is 0 Å². The molecule has 4 rings (SSSR count). The number of piperidine rings is 1. The number of likely N-dealkylation sites (tertiary alicyclic amines) is 1. The molecule has 2 unspecified atom stereocenters. The van der Waals surface area contributed by atoms with Gasteiger partial charge in [-0.05, 0) is 56.0 Å². The fourth-order valence-electron chi connectivity index (χ4n) is 4.50. The first-order valence-electron chi connectivity index (χ1n) is 12.7. The number of rotatable bonds is 7. The molecule has 2 amide bonds. The molecule has 0 radical (unpaired) electrons. The molecular formula is C30H35N3O4. The van der Waals surface area contributed by atoms with Gasteiger partial charge in [0.05, 0.1) is 24.8 Å². The normalized spacial score (nSPS) is 17.8. The first-order chi connectivity index (χ1) is 17.8. The molecule has 1 saturated heterocycles. The minimum Gasteiger partial charge on any atom is -0.444 e. The van der Waals surface area contributed by atoms with E-state index in [4.69, 9.17) is 9.47 Å². The van der Waals surface area contributed by atoms with Crippen molar-refractivity contribution in [3.05, 3.63) is 101 Å². The highest BCUT2D eigenvalue weighted by atomic mass is 16.6. The third kappa shape index (κ3) is 7.40. The van der Waals surface area contributed by atoms with Crippen LogP contribution in [0.5, 0.6) is 0 Å². The SMILES string of the molecule is CC(C)(C)OC(=O)N1CCC(c2ccccc2)C(OCc2ccccc2CNC(=O)c2cccnc2)C1. The van der Waals surface area contributed by atoms with Crippen LogP contribution in [0.15, 0.2) is 79.1 Å². The summed E-state index contributed by atoms with van der Waals surface area (Å²) in [6.07, 6.45) is 3.47. The number of amides is 2. The number of aromatic nitrogens is 1.